The minimum Gasteiger partial charge on any atom is -0.440 e. The topological polar surface area (TPSA) is 206 Å². The van der Waals surface area contributed by atoms with Crippen molar-refractivity contribution in [2.24, 2.45) is 10.8 Å². The number of pyridine rings is 1. The number of carbonyl (C=O) groups is 4. The number of ether oxygens (including phenoxy) is 2. The highest BCUT2D eigenvalue weighted by Gasteiger charge is 2.72. The molecule has 4 fully saturated rings. The molecular formula is C51H53N9O7S6. The lowest BCUT2D eigenvalue weighted by atomic mass is 9.80. The van der Waals surface area contributed by atoms with Crippen molar-refractivity contribution in [2.75, 3.05) is 20.6 Å². The molecule has 4 aliphatic heterocycles. The van der Waals surface area contributed by atoms with Gasteiger partial charge in [0.05, 0.1) is 47.4 Å². The van der Waals surface area contributed by atoms with Crippen molar-refractivity contribution in [1.82, 2.24) is 34.6 Å². The van der Waals surface area contributed by atoms with Gasteiger partial charge in [0.25, 0.3) is 17.7 Å². The number of piperazine rings is 2. The van der Waals surface area contributed by atoms with Crippen LogP contribution in [0.5, 0.6) is 11.5 Å². The number of allylic oxidation sites excluding steroid dienone is 1. The van der Waals surface area contributed by atoms with E-state index in [9.17, 15) is 34.8 Å². The van der Waals surface area contributed by atoms with Crippen LogP contribution in [0.15, 0.2) is 109 Å². The van der Waals surface area contributed by atoms with E-state index in [4.69, 9.17) is 33.9 Å². The quantitative estimate of drug-likeness (QED) is 0.147. The Morgan fingerprint density at radius 1 is 0.740 bits per heavy atom. The maximum absolute atomic E-state index is 14.9. The number of nitrogens with zero attached hydrogens (tertiary/aromatic N) is 9. The molecule has 8 atom stereocenters. The van der Waals surface area contributed by atoms with Gasteiger partial charge in [-0.15, -0.1) is 11.8 Å². The number of thiocarbonyl (C=S) groups is 2. The lowest BCUT2D eigenvalue weighted by Crippen LogP contribution is -2.71. The average Bonchev–Trinajstić information content (AvgIpc) is 3.77. The van der Waals surface area contributed by atoms with E-state index in [1.54, 1.807) is 98.9 Å². The Bertz CT molecular complexity index is 2920. The van der Waals surface area contributed by atoms with Gasteiger partial charge in [0.2, 0.25) is 8.77 Å². The molecule has 4 saturated heterocycles. The number of hydrogen-bond acceptors (Lipinski definition) is 19. The number of amides is 3. The van der Waals surface area contributed by atoms with E-state index in [2.05, 4.69) is 33.7 Å². The molecule has 73 heavy (non-hydrogen) atoms. The number of aliphatic hydroxyl groups excluding tert-OH is 1. The molecule has 6 heterocycles. The average molecular weight is 1100 g/mol. The van der Waals surface area contributed by atoms with E-state index in [1.807, 2.05) is 37.8 Å². The molecule has 1 unspecified atom stereocenters. The zero-order chi connectivity index (χ0) is 53.3. The highest BCUT2D eigenvalue weighted by Crippen LogP contribution is 2.64. The lowest BCUT2D eigenvalue weighted by Gasteiger charge is -2.54. The molecule has 0 bridgehead atoms. The van der Waals surface area contributed by atoms with Crippen molar-refractivity contribution in [3.8, 4) is 23.6 Å². The summed E-state index contributed by atoms with van der Waals surface area (Å²) in [5.74, 6) is -0.108. The Labute approximate surface area is 452 Å². The summed E-state index contributed by atoms with van der Waals surface area (Å²) in [4.78, 5) is 70.6. The first-order valence-corrected chi connectivity index (χ1v) is 26.8. The highest BCUT2D eigenvalue weighted by atomic mass is 32.2. The zero-order valence-electron chi connectivity index (χ0n) is 41.3. The Hall–Kier alpha value is -5.43. The molecular weight excluding hydrogens is 1040 g/mol. The van der Waals surface area contributed by atoms with E-state index in [0.29, 0.717) is 29.3 Å². The third-order valence-corrected chi connectivity index (χ3v) is 18.6. The Morgan fingerprint density at radius 2 is 1.27 bits per heavy atom. The van der Waals surface area contributed by atoms with Crippen LogP contribution in [-0.4, -0.2) is 111 Å². The van der Waals surface area contributed by atoms with Gasteiger partial charge in [-0.1, -0.05) is 60.8 Å². The van der Waals surface area contributed by atoms with Crippen LogP contribution in [0.1, 0.15) is 83.3 Å². The maximum atomic E-state index is 14.9. The Kier molecular flexibility index (Phi) is 16.2. The molecule has 4 aromatic rings. The maximum Gasteiger partial charge on any atom is 0.261 e. The molecule has 2 aromatic carbocycles. The number of aromatic nitrogens is 3. The largest absolute Gasteiger partial charge is 0.440 e. The molecule has 0 aliphatic carbocycles. The molecule has 1 N–H and O–H groups in total. The standard InChI is InChI=1S/C31H28N4O5S4.C20H25N5O2S2/c1-29(19-32)18-31(44-28(42)40-23-12-8-5-9-13-23)26(38)34(3)30(2,43-27(41)39-22-10-6-4-7-11-22)25(37)35(31)24(29)20-14-15-21(17-36)33-16-20;1-13(2)28-19(5)11-25-16(15-7-22-12-23-8-15)18(4,10-21)9-20(25,29-14(3)26)17(27)24(19)6/h4-16,24,36H,17-18H2,1-3H3;7-8,12,16H,1,9,11H2,2-6H3/t24?,29-,30+,31+;16-,18+,19-,20-/m10/s1. The summed E-state index contributed by atoms with van der Waals surface area (Å²) >= 11 is 15.6. The monoisotopic (exact) mass is 1100 g/mol. The number of aliphatic hydroxyl groups is 1. The van der Waals surface area contributed by atoms with Gasteiger partial charge >= 0.3 is 0 Å². The third kappa shape index (κ3) is 10.4. The van der Waals surface area contributed by atoms with Crippen LogP contribution in [0.4, 0.5) is 0 Å². The van der Waals surface area contributed by atoms with Crippen molar-refractivity contribution in [3.05, 3.63) is 126 Å². The first-order valence-electron chi connectivity index (χ1n) is 22.7. The number of likely N-dealkylation sites (N-methyl/N-ethyl adjacent to an activating group) is 2. The van der Waals surface area contributed by atoms with Crippen molar-refractivity contribution in [1.29, 1.82) is 10.5 Å². The minimum absolute atomic E-state index is 0.0182. The first kappa shape index (κ1) is 55.3. The first-order chi connectivity index (χ1) is 34.5. The summed E-state index contributed by atoms with van der Waals surface area (Å²) < 4.78 is 11.8. The predicted molar refractivity (Wildman–Crippen MR) is 291 cm³/mol. The molecule has 0 saturated carbocycles. The SMILES string of the molecule is C=C(C)S[C@@]1(C)CN2[C@@H](c3cncnc3)[C@@](C)(C#N)C[C@]2(SC(C)=O)C(=O)N1C.CN1C(=O)[C@@]2(SC(=S)Oc3ccccc3)C[C@](C)(C#N)C(c3ccc(CO)nc3)N2C(=O)[C@]1(C)SC(=S)Oc1ccccc1. The van der Waals surface area contributed by atoms with Gasteiger partial charge in [-0.3, -0.25) is 29.1 Å². The summed E-state index contributed by atoms with van der Waals surface area (Å²) in [5, 5.41) is 30.1. The number of thioether (sulfide) groups is 4. The summed E-state index contributed by atoms with van der Waals surface area (Å²) in [6.07, 6.45) is 6.55. The number of carbonyl (C=O) groups excluding carboxylic acids is 4. The third-order valence-electron chi connectivity index (χ3n) is 13.4. The van der Waals surface area contributed by atoms with Crippen LogP contribution in [0.2, 0.25) is 0 Å². The molecule has 380 valence electrons. The second-order valence-electron chi connectivity index (χ2n) is 18.8. The van der Waals surface area contributed by atoms with E-state index in [0.717, 1.165) is 45.8 Å². The molecule has 8 rings (SSSR count). The number of para-hydroxylation sites is 2. The van der Waals surface area contributed by atoms with Crippen LogP contribution in [-0.2, 0) is 25.8 Å². The van der Waals surface area contributed by atoms with E-state index < -0.39 is 54.2 Å². The molecule has 16 nitrogen and oxygen atoms in total. The van der Waals surface area contributed by atoms with Crippen LogP contribution in [0.25, 0.3) is 0 Å². The van der Waals surface area contributed by atoms with Gasteiger partial charge in [-0.2, -0.15) is 10.5 Å². The van der Waals surface area contributed by atoms with Crippen molar-refractivity contribution in [3.63, 3.8) is 0 Å². The van der Waals surface area contributed by atoms with Crippen molar-refractivity contribution >= 4 is 103 Å². The van der Waals surface area contributed by atoms with Crippen molar-refractivity contribution in [2.45, 2.75) is 92.6 Å². The summed E-state index contributed by atoms with van der Waals surface area (Å²) in [7, 11) is 3.30. The number of hydrogen-bond donors (Lipinski definition) is 1. The lowest BCUT2D eigenvalue weighted by molar-refractivity contribution is -0.163. The van der Waals surface area contributed by atoms with Crippen molar-refractivity contribution < 1.29 is 33.8 Å². The second kappa shape index (κ2) is 21.4. The fourth-order valence-corrected chi connectivity index (χ4v) is 15.8. The Morgan fingerprint density at radius 3 is 1.78 bits per heavy atom. The van der Waals surface area contributed by atoms with Crippen LogP contribution in [0.3, 0.4) is 0 Å². The van der Waals surface area contributed by atoms with Gasteiger partial charge in [0.15, 0.2) is 19.7 Å². The number of benzene rings is 2. The Balaban J connectivity index is 0.000000233. The van der Waals surface area contributed by atoms with Gasteiger partial charge in [-0.25, -0.2) is 9.97 Å². The molecule has 2 aromatic heterocycles. The number of fused-ring (bicyclic) bond motifs is 2. The molecule has 0 radical (unpaired) electrons. The molecule has 4 aliphatic rings. The van der Waals surface area contributed by atoms with E-state index >= 15 is 0 Å². The van der Waals surface area contributed by atoms with Crippen LogP contribution >= 0.6 is 71.5 Å². The fourth-order valence-electron chi connectivity index (χ4n) is 10.0. The van der Waals surface area contributed by atoms with Gasteiger partial charge < -0.3 is 29.3 Å². The van der Waals surface area contributed by atoms with Gasteiger partial charge in [-0.05, 0) is 123 Å². The van der Waals surface area contributed by atoms with E-state index in [-0.39, 0.29) is 39.2 Å². The number of nitriles is 2. The van der Waals surface area contributed by atoms with Crippen LogP contribution < -0.4 is 9.47 Å². The van der Waals surface area contributed by atoms with Gasteiger partial charge in [0.1, 0.15) is 22.7 Å². The summed E-state index contributed by atoms with van der Waals surface area (Å²) in [6, 6.07) is 24.6. The van der Waals surface area contributed by atoms with Crippen LogP contribution in [0, 0.1) is 33.5 Å². The molecule has 22 heteroatoms. The predicted octanol–water partition coefficient (Wildman–Crippen LogP) is 8.64. The second-order valence-corrected chi connectivity index (χ2v) is 25.9. The molecule has 0 spiro atoms. The summed E-state index contributed by atoms with van der Waals surface area (Å²) in [5.41, 5.74) is -0.399. The highest BCUT2D eigenvalue weighted by molar-refractivity contribution is 8.24. The fraction of sp³-hybridized carbons (Fsp3) is 0.392. The van der Waals surface area contributed by atoms with Gasteiger partial charge in [0, 0.05) is 64.6 Å². The minimum atomic E-state index is -1.62. The number of rotatable bonds is 10. The normalized spacial score (nSPS) is 29.5. The smallest absolute Gasteiger partial charge is 0.261 e. The zero-order valence-corrected chi connectivity index (χ0v) is 46.2. The summed E-state index contributed by atoms with van der Waals surface area (Å²) in [6.45, 7) is 14.7. The molecule has 3 amide bonds. The van der Waals surface area contributed by atoms with E-state index in [1.165, 1.54) is 48.1 Å².